The van der Waals surface area contributed by atoms with Gasteiger partial charge in [0, 0.05) is 28.5 Å². The normalized spacial score (nSPS) is 11.3. The highest BCUT2D eigenvalue weighted by Gasteiger charge is 2.14. The van der Waals surface area contributed by atoms with Gasteiger partial charge >= 0.3 is 0 Å². The van der Waals surface area contributed by atoms with Crippen molar-refractivity contribution in [2.24, 2.45) is 0 Å². The average Bonchev–Trinajstić information content (AvgIpc) is 3.36. The largest absolute Gasteiger partial charge is 0.441 e. The van der Waals surface area contributed by atoms with Gasteiger partial charge in [-0.15, -0.1) is 0 Å². The Kier molecular flexibility index (Phi) is 4.48. The Morgan fingerprint density at radius 1 is 1.00 bits per heavy atom. The van der Waals surface area contributed by atoms with Crippen LogP contribution in [0.5, 0.6) is 0 Å². The van der Waals surface area contributed by atoms with Crippen LogP contribution in [0, 0.1) is 6.92 Å². The van der Waals surface area contributed by atoms with Crippen LogP contribution in [0.3, 0.4) is 0 Å². The van der Waals surface area contributed by atoms with Gasteiger partial charge in [0.25, 0.3) is 5.56 Å². The summed E-state index contributed by atoms with van der Waals surface area (Å²) in [5.41, 5.74) is 3.58. The molecule has 2 aromatic carbocycles. The fraction of sp³-hybridized carbons (Fsp3) is 0.0870. The Bertz CT molecular complexity index is 1400. The zero-order valence-electron chi connectivity index (χ0n) is 16.1. The van der Waals surface area contributed by atoms with Crippen LogP contribution < -0.4 is 5.56 Å². The summed E-state index contributed by atoms with van der Waals surface area (Å²) in [6, 6.07) is 18.9. The number of benzene rings is 2. The van der Waals surface area contributed by atoms with Gasteiger partial charge in [-0.05, 0) is 37.3 Å². The van der Waals surface area contributed by atoms with E-state index in [0.717, 1.165) is 16.8 Å². The smallest absolute Gasteiger partial charge is 0.276 e. The van der Waals surface area contributed by atoms with Gasteiger partial charge < -0.3 is 8.98 Å². The predicted octanol–water partition coefficient (Wildman–Crippen LogP) is 4.83. The maximum atomic E-state index is 13.0. The Hall–Kier alpha value is -3.64. The van der Waals surface area contributed by atoms with Crippen LogP contribution in [0.25, 0.3) is 28.2 Å². The van der Waals surface area contributed by atoms with Crippen molar-refractivity contribution in [3.8, 4) is 22.7 Å². The van der Waals surface area contributed by atoms with E-state index in [2.05, 4.69) is 10.1 Å². The van der Waals surface area contributed by atoms with E-state index in [1.165, 1.54) is 0 Å². The van der Waals surface area contributed by atoms with Gasteiger partial charge in [-0.2, -0.15) is 5.10 Å². The highest BCUT2D eigenvalue weighted by Crippen LogP contribution is 2.23. The molecule has 0 unspecified atom stereocenters. The molecular formula is C23H17ClN4O2. The molecule has 0 spiro atoms. The second-order valence-corrected chi connectivity index (χ2v) is 7.42. The SMILES string of the molecule is Cc1oc(-c2ccccc2)nc1Cn1ccn2nc(-c3ccc(Cl)cc3)cc2c1=O. The van der Waals surface area contributed by atoms with Gasteiger partial charge in [0.15, 0.2) is 0 Å². The van der Waals surface area contributed by atoms with Gasteiger partial charge in [-0.1, -0.05) is 41.9 Å². The first kappa shape index (κ1) is 18.4. The van der Waals surface area contributed by atoms with Gasteiger partial charge in [0.05, 0.1) is 12.2 Å². The Morgan fingerprint density at radius 3 is 2.53 bits per heavy atom. The van der Waals surface area contributed by atoms with E-state index < -0.39 is 0 Å². The molecule has 7 heteroatoms. The maximum absolute atomic E-state index is 13.0. The summed E-state index contributed by atoms with van der Waals surface area (Å²) in [5.74, 6) is 1.24. The van der Waals surface area contributed by atoms with Crippen LogP contribution in [0.1, 0.15) is 11.5 Å². The zero-order valence-corrected chi connectivity index (χ0v) is 16.9. The van der Waals surface area contributed by atoms with Gasteiger partial charge in [-0.25, -0.2) is 9.50 Å². The molecule has 0 fully saturated rings. The average molecular weight is 417 g/mol. The van der Waals surface area contributed by atoms with Crippen molar-refractivity contribution in [2.75, 3.05) is 0 Å². The quantitative estimate of drug-likeness (QED) is 0.421. The van der Waals surface area contributed by atoms with E-state index in [-0.39, 0.29) is 5.56 Å². The number of rotatable bonds is 4. The third kappa shape index (κ3) is 3.31. The predicted molar refractivity (Wildman–Crippen MR) is 116 cm³/mol. The summed E-state index contributed by atoms with van der Waals surface area (Å²) in [5, 5.41) is 5.16. The van der Waals surface area contributed by atoms with Crippen molar-refractivity contribution in [3.05, 3.63) is 99.9 Å². The third-order valence-electron chi connectivity index (χ3n) is 4.98. The number of hydrogen-bond acceptors (Lipinski definition) is 4. The first-order chi connectivity index (χ1) is 14.6. The Balaban J connectivity index is 1.50. The molecule has 5 rings (SSSR count). The number of nitrogens with zero attached hydrogens (tertiary/aromatic N) is 4. The number of aromatic nitrogens is 4. The number of oxazole rings is 1. The monoisotopic (exact) mass is 416 g/mol. The van der Waals surface area contributed by atoms with E-state index in [4.69, 9.17) is 16.0 Å². The van der Waals surface area contributed by atoms with Gasteiger partial charge in [0.2, 0.25) is 5.89 Å². The number of hydrogen-bond donors (Lipinski definition) is 0. The molecule has 3 heterocycles. The fourth-order valence-electron chi connectivity index (χ4n) is 3.35. The first-order valence-electron chi connectivity index (χ1n) is 9.45. The Labute approximate surface area is 177 Å². The Morgan fingerprint density at radius 2 is 1.77 bits per heavy atom. The van der Waals surface area contributed by atoms with Crippen molar-refractivity contribution in [1.82, 2.24) is 19.2 Å². The molecule has 0 radical (unpaired) electrons. The van der Waals surface area contributed by atoms with Crippen LogP contribution in [0.2, 0.25) is 5.02 Å². The number of halogens is 1. The minimum atomic E-state index is -0.145. The van der Waals surface area contributed by atoms with Crippen LogP contribution in [0.4, 0.5) is 0 Å². The van der Waals surface area contributed by atoms with Crippen molar-refractivity contribution < 1.29 is 4.42 Å². The minimum Gasteiger partial charge on any atom is -0.441 e. The third-order valence-corrected chi connectivity index (χ3v) is 5.23. The molecule has 5 aromatic rings. The summed E-state index contributed by atoms with van der Waals surface area (Å²) in [7, 11) is 0. The zero-order chi connectivity index (χ0) is 20.7. The molecular weight excluding hydrogens is 400 g/mol. The number of aryl methyl sites for hydroxylation is 1. The summed E-state index contributed by atoms with van der Waals surface area (Å²) < 4.78 is 9.02. The molecule has 0 amide bonds. The summed E-state index contributed by atoms with van der Waals surface area (Å²) in [6.45, 7) is 2.18. The van der Waals surface area contributed by atoms with Crippen molar-refractivity contribution in [3.63, 3.8) is 0 Å². The summed E-state index contributed by atoms with van der Waals surface area (Å²) in [4.78, 5) is 17.6. The van der Waals surface area contributed by atoms with Crippen LogP contribution in [0.15, 0.2) is 82.3 Å². The van der Waals surface area contributed by atoms with E-state index in [0.29, 0.717) is 34.4 Å². The molecule has 30 heavy (non-hydrogen) atoms. The lowest BCUT2D eigenvalue weighted by atomic mass is 10.1. The molecule has 3 aromatic heterocycles. The summed E-state index contributed by atoms with van der Waals surface area (Å²) >= 11 is 5.96. The van der Waals surface area contributed by atoms with Crippen molar-refractivity contribution >= 4 is 17.1 Å². The molecule has 0 aliphatic rings. The lowest BCUT2D eigenvalue weighted by Gasteiger charge is -2.03. The summed E-state index contributed by atoms with van der Waals surface area (Å²) in [6.07, 6.45) is 3.48. The highest BCUT2D eigenvalue weighted by atomic mass is 35.5. The van der Waals surface area contributed by atoms with E-state index >= 15 is 0 Å². The molecule has 0 bridgehead atoms. The topological polar surface area (TPSA) is 65.3 Å². The highest BCUT2D eigenvalue weighted by molar-refractivity contribution is 6.30. The van der Waals surface area contributed by atoms with Crippen LogP contribution in [-0.2, 0) is 6.54 Å². The molecule has 0 aliphatic heterocycles. The fourth-order valence-corrected chi connectivity index (χ4v) is 3.48. The number of fused-ring (bicyclic) bond motifs is 1. The molecule has 0 aliphatic carbocycles. The minimum absolute atomic E-state index is 0.145. The second kappa shape index (κ2) is 7.31. The maximum Gasteiger partial charge on any atom is 0.276 e. The first-order valence-corrected chi connectivity index (χ1v) is 9.83. The van der Waals surface area contributed by atoms with Gasteiger partial charge in [-0.3, -0.25) is 4.79 Å². The van der Waals surface area contributed by atoms with E-state index in [1.807, 2.05) is 49.4 Å². The van der Waals surface area contributed by atoms with Gasteiger partial charge in [0.1, 0.15) is 17.0 Å². The molecule has 0 saturated heterocycles. The second-order valence-electron chi connectivity index (χ2n) is 6.99. The molecule has 0 N–H and O–H groups in total. The lowest BCUT2D eigenvalue weighted by molar-refractivity contribution is 0.537. The van der Waals surface area contributed by atoms with E-state index in [9.17, 15) is 4.79 Å². The van der Waals surface area contributed by atoms with Crippen molar-refractivity contribution in [1.29, 1.82) is 0 Å². The van der Waals surface area contributed by atoms with Crippen molar-refractivity contribution in [2.45, 2.75) is 13.5 Å². The molecule has 148 valence electrons. The molecule has 6 nitrogen and oxygen atoms in total. The van der Waals surface area contributed by atoms with Crippen LogP contribution >= 0.6 is 11.6 Å². The standard InChI is InChI=1S/C23H17ClN4O2/c1-15-20(25-22(30-15)17-5-3-2-4-6-17)14-27-11-12-28-21(23(27)29)13-19(26-28)16-7-9-18(24)10-8-16/h2-13H,14H2,1H3. The lowest BCUT2D eigenvalue weighted by Crippen LogP contribution is -2.22. The van der Waals surface area contributed by atoms with E-state index in [1.54, 1.807) is 39.7 Å². The van der Waals surface area contributed by atoms with Crippen LogP contribution in [-0.4, -0.2) is 19.2 Å². The molecule has 0 atom stereocenters. The molecule has 0 saturated carbocycles.